The van der Waals surface area contributed by atoms with E-state index in [1.54, 1.807) is 0 Å². The van der Waals surface area contributed by atoms with Gasteiger partial charge in [0.1, 0.15) is 0 Å². The van der Waals surface area contributed by atoms with Crippen molar-refractivity contribution in [3.05, 3.63) is 0 Å². The van der Waals surface area contributed by atoms with E-state index in [-0.39, 0.29) is 12.2 Å². The lowest BCUT2D eigenvalue weighted by Crippen LogP contribution is -2.43. The Morgan fingerprint density at radius 2 is 1.81 bits per heavy atom. The van der Waals surface area contributed by atoms with Crippen LogP contribution in [0.3, 0.4) is 0 Å². The number of hydrogen-bond donors (Lipinski definition) is 1. The number of nitrogens with zero attached hydrogens (tertiary/aromatic N) is 1. The molecule has 0 saturated carbocycles. The second kappa shape index (κ2) is 6.58. The Bertz CT molecular complexity index is 186. The van der Waals surface area contributed by atoms with Crippen molar-refractivity contribution >= 4 is 0 Å². The summed E-state index contributed by atoms with van der Waals surface area (Å²) in [6.07, 6.45) is 1.17. The van der Waals surface area contributed by atoms with Gasteiger partial charge >= 0.3 is 0 Å². The van der Waals surface area contributed by atoms with Crippen molar-refractivity contribution in [2.45, 2.75) is 46.3 Å². The second-order valence-electron chi connectivity index (χ2n) is 5.70. The number of β-amino-alcohol motifs (C(OH)–C–C–N with tert-alkyl or cyclic N) is 1. The highest BCUT2D eigenvalue weighted by Crippen LogP contribution is 2.20. The molecule has 1 N–H and O–H groups in total. The quantitative estimate of drug-likeness (QED) is 0.779. The summed E-state index contributed by atoms with van der Waals surface area (Å²) in [7, 11) is 0. The first-order chi connectivity index (χ1) is 7.47. The Morgan fingerprint density at radius 3 is 2.31 bits per heavy atom. The van der Waals surface area contributed by atoms with E-state index in [0.717, 1.165) is 31.5 Å². The van der Waals surface area contributed by atoms with Gasteiger partial charge in [0, 0.05) is 19.6 Å². The lowest BCUT2D eigenvalue weighted by Gasteiger charge is -2.36. The maximum Gasteiger partial charge on any atom is 0.0900 e. The summed E-state index contributed by atoms with van der Waals surface area (Å²) in [5, 5.41) is 9.86. The highest BCUT2D eigenvalue weighted by molar-refractivity contribution is 4.76. The first kappa shape index (κ1) is 13.9. The van der Waals surface area contributed by atoms with Gasteiger partial charge < -0.3 is 14.7 Å². The van der Waals surface area contributed by atoms with Gasteiger partial charge in [-0.15, -0.1) is 0 Å². The summed E-state index contributed by atoms with van der Waals surface area (Å²) < 4.78 is 5.42. The average molecular weight is 229 g/mol. The fourth-order valence-corrected chi connectivity index (χ4v) is 2.60. The fourth-order valence-electron chi connectivity index (χ4n) is 2.60. The van der Waals surface area contributed by atoms with E-state index in [1.807, 2.05) is 13.8 Å². The van der Waals surface area contributed by atoms with Crippen molar-refractivity contribution in [2.75, 3.05) is 26.2 Å². The van der Waals surface area contributed by atoms with E-state index in [4.69, 9.17) is 4.74 Å². The number of aliphatic hydroxyl groups is 1. The molecule has 1 fully saturated rings. The van der Waals surface area contributed by atoms with E-state index in [0.29, 0.717) is 6.61 Å². The molecule has 1 saturated heterocycles. The predicted octanol–water partition coefficient (Wildman–Crippen LogP) is 1.75. The van der Waals surface area contributed by atoms with Crippen LogP contribution in [0.15, 0.2) is 0 Å². The third kappa shape index (κ3) is 5.28. The third-order valence-corrected chi connectivity index (χ3v) is 3.04. The fraction of sp³-hybridized carbons (Fsp3) is 1.00. The third-order valence-electron chi connectivity index (χ3n) is 3.04. The van der Waals surface area contributed by atoms with Crippen molar-refractivity contribution in [3.8, 4) is 0 Å². The lowest BCUT2D eigenvalue weighted by atomic mass is 9.92. The summed E-state index contributed by atoms with van der Waals surface area (Å²) in [5.41, 5.74) is 0. The molecular formula is C13H27NO2. The van der Waals surface area contributed by atoms with Crippen LogP contribution in [0.25, 0.3) is 0 Å². The zero-order valence-electron chi connectivity index (χ0n) is 11.1. The largest absolute Gasteiger partial charge is 0.389 e. The molecule has 1 aliphatic heterocycles. The maximum absolute atomic E-state index is 9.86. The van der Waals surface area contributed by atoms with E-state index in [9.17, 15) is 5.11 Å². The Balaban J connectivity index is 2.24. The molecule has 1 rings (SSSR count). The minimum Gasteiger partial charge on any atom is -0.389 e. The Labute approximate surface area is 99.8 Å². The van der Waals surface area contributed by atoms with Crippen molar-refractivity contribution in [3.63, 3.8) is 0 Å². The summed E-state index contributed by atoms with van der Waals surface area (Å²) >= 11 is 0. The van der Waals surface area contributed by atoms with Crippen molar-refractivity contribution in [1.29, 1.82) is 0 Å². The second-order valence-corrected chi connectivity index (χ2v) is 5.70. The van der Waals surface area contributed by atoms with Crippen molar-refractivity contribution in [1.82, 2.24) is 4.90 Å². The number of aliphatic hydroxyl groups excluding tert-OH is 1. The lowest BCUT2D eigenvalue weighted by molar-refractivity contribution is -0.0164. The molecule has 0 radical (unpaired) electrons. The number of piperidine rings is 1. The van der Waals surface area contributed by atoms with Crippen molar-refractivity contribution in [2.24, 2.45) is 11.8 Å². The Hall–Kier alpha value is -0.120. The number of hydrogen-bond acceptors (Lipinski definition) is 3. The standard InChI is InChI=1S/C13H27NO2/c1-10(2)16-9-13(15)8-14-6-11(3)5-12(4)7-14/h10-13,15H,5-9H2,1-4H3/t11-,12+,13-/m0/s1. The monoisotopic (exact) mass is 229 g/mol. The van der Waals surface area contributed by atoms with Gasteiger partial charge in [-0.05, 0) is 32.1 Å². The molecule has 0 aromatic rings. The van der Waals surface area contributed by atoms with Crippen LogP contribution >= 0.6 is 0 Å². The van der Waals surface area contributed by atoms with Gasteiger partial charge in [-0.2, -0.15) is 0 Å². The van der Waals surface area contributed by atoms with Crippen LogP contribution < -0.4 is 0 Å². The predicted molar refractivity (Wildman–Crippen MR) is 66.5 cm³/mol. The molecule has 3 atom stereocenters. The molecule has 1 aliphatic rings. The maximum atomic E-state index is 9.86. The molecule has 1 heterocycles. The van der Waals surface area contributed by atoms with Gasteiger partial charge in [-0.1, -0.05) is 13.8 Å². The van der Waals surface area contributed by atoms with E-state index < -0.39 is 0 Å². The molecule has 3 nitrogen and oxygen atoms in total. The van der Waals surface area contributed by atoms with Gasteiger partial charge in [-0.25, -0.2) is 0 Å². The van der Waals surface area contributed by atoms with Gasteiger partial charge in [-0.3, -0.25) is 0 Å². The van der Waals surface area contributed by atoms with Crippen LogP contribution in [0, 0.1) is 11.8 Å². The van der Waals surface area contributed by atoms with E-state index >= 15 is 0 Å². The highest BCUT2D eigenvalue weighted by Gasteiger charge is 2.23. The molecular weight excluding hydrogens is 202 g/mol. The summed E-state index contributed by atoms with van der Waals surface area (Å²) in [4.78, 5) is 2.37. The van der Waals surface area contributed by atoms with Crippen LogP contribution in [0.2, 0.25) is 0 Å². The normalized spacial score (nSPS) is 29.6. The Morgan fingerprint density at radius 1 is 1.25 bits per heavy atom. The molecule has 0 unspecified atom stereocenters. The smallest absolute Gasteiger partial charge is 0.0900 e. The minimum atomic E-state index is -0.347. The Kier molecular flexibility index (Phi) is 5.73. The number of rotatable bonds is 5. The molecule has 96 valence electrons. The van der Waals surface area contributed by atoms with Crippen LogP contribution in [0.1, 0.15) is 34.1 Å². The van der Waals surface area contributed by atoms with Crippen LogP contribution in [-0.4, -0.2) is 48.5 Å². The zero-order chi connectivity index (χ0) is 12.1. The number of likely N-dealkylation sites (tertiary alicyclic amines) is 1. The molecule has 0 amide bonds. The van der Waals surface area contributed by atoms with Gasteiger partial charge in [0.25, 0.3) is 0 Å². The van der Waals surface area contributed by atoms with Gasteiger partial charge in [0.05, 0.1) is 18.8 Å². The van der Waals surface area contributed by atoms with Crippen LogP contribution in [0.5, 0.6) is 0 Å². The first-order valence-electron chi connectivity index (χ1n) is 6.49. The topological polar surface area (TPSA) is 32.7 Å². The zero-order valence-corrected chi connectivity index (χ0v) is 11.1. The van der Waals surface area contributed by atoms with E-state index in [2.05, 4.69) is 18.7 Å². The van der Waals surface area contributed by atoms with E-state index in [1.165, 1.54) is 6.42 Å². The van der Waals surface area contributed by atoms with Crippen LogP contribution in [-0.2, 0) is 4.74 Å². The first-order valence-corrected chi connectivity index (χ1v) is 6.49. The number of ether oxygens (including phenoxy) is 1. The van der Waals surface area contributed by atoms with Gasteiger partial charge in [0.2, 0.25) is 0 Å². The molecule has 0 spiro atoms. The summed E-state index contributed by atoms with van der Waals surface area (Å²) in [6.45, 7) is 12.0. The van der Waals surface area contributed by atoms with Gasteiger partial charge in [0.15, 0.2) is 0 Å². The molecule has 16 heavy (non-hydrogen) atoms. The molecule has 0 aromatic carbocycles. The molecule has 0 bridgehead atoms. The SMILES string of the molecule is CC(C)OC[C@@H](O)CN1C[C@H](C)C[C@H](C)C1. The van der Waals surface area contributed by atoms with Crippen molar-refractivity contribution < 1.29 is 9.84 Å². The average Bonchev–Trinajstić information content (AvgIpc) is 2.12. The summed E-state index contributed by atoms with van der Waals surface area (Å²) in [6, 6.07) is 0. The molecule has 3 heteroatoms. The highest BCUT2D eigenvalue weighted by atomic mass is 16.5. The van der Waals surface area contributed by atoms with Crippen LogP contribution in [0.4, 0.5) is 0 Å². The summed E-state index contributed by atoms with van der Waals surface area (Å²) in [5.74, 6) is 1.50. The minimum absolute atomic E-state index is 0.203. The molecule has 0 aliphatic carbocycles. The molecule has 0 aromatic heterocycles.